The van der Waals surface area contributed by atoms with E-state index >= 15 is 0 Å². The van der Waals surface area contributed by atoms with Crippen LogP contribution in [-0.2, 0) is 14.3 Å². The Labute approximate surface area is 169 Å². The third kappa shape index (κ3) is 4.54. The Hall–Kier alpha value is -1.14. The summed E-state index contributed by atoms with van der Waals surface area (Å²) >= 11 is 0. The van der Waals surface area contributed by atoms with Crippen molar-refractivity contribution in [1.29, 1.82) is 0 Å². The lowest BCUT2D eigenvalue weighted by Crippen LogP contribution is -2.58. The normalized spacial score (nSPS) is 39.0. The average molecular weight is 395 g/mol. The highest BCUT2D eigenvalue weighted by atomic mass is 16.5. The van der Waals surface area contributed by atoms with Gasteiger partial charge in [-0.2, -0.15) is 0 Å². The molecule has 7 atom stereocenters. The third-order valence-electron chi connectivity index (χ3n) is 7.75. The Morgan fingerprint density at radius 1 is 1.18 bits per heavy atom. The van der Waals surface area contributed by atoms with E-state index < -0.39 is 6.10 Å². The van der Waals surface area contributed by atoms with E-state index in [0.717, 1.165) is 38.5 Å². The number of amides is 2. The van der Waals surface area contributed by atoms with Crippen LogP contribution in [0.1, 0.15) is 65.7 Å². The molecule has 0 radical (unpaired) electrons. The molecule has 3 rings (SSSR count). The molecule has 3 saturated carbocycles. The third-order valence-corrected chi connectivity index (χ3v) is 7.75. The molecule has 0 saturated heterocycles. The van der Waals surface area contributed by atoms with Crippen LogP contribution >= 0.6 is 0 Å². The summed E-state index contributed by atoms with van der Waals surface area (Å²) in [5, 5.41) is 17.6. The molecule has 7 unspecified atom stereocenters. The molecule has 0 bridgehead atoms. The van der Waals surface area contributed by atoms with Gasteiger partial charge < -0.3 is 20.5 Å². The van der Waals surface area contributed by atoms with E-state index in [9.17, 15) is 14.7 Å². The quantitative estimate of drug-likeness (QED) is 0.618. The summed E-state index contributed by atoms with van der Waals surface area (Å²) < 4.78 is 5.00. The van der Waals surface area contributed by atoms with Crippen LogP contribution < -0.4 is 10.6 Å². The number of ether oxygens (including phenoxy) is 1. The van der Waals surface area contributed by atoms with Crippen LogP contribution in [0.2, 0.25) is 0 Å². The van der Waals surface area contributed by atoms with Crippen molar-refractivity contribution in [2.75, 3.05) is 13.7 Å². The summed E-state index contributed by atoms with van der Waals surface area (Å²) in [5.41, 5.74) is 0.0791. The van der Waals surface area contributed by atoms with Gasteiger partial charge in [0.2, 0.25) is 11.8 Å². The van der Waals surface area contributed by atoms with Gasteiger partial charge >= 0.3 is 0 Å². The number of carbonyl (C=O) groups excluding carboxylic acids is 2. The maximum Gasteiger partial charge on any atom is 0.223 e. The lowest BCUT2D eigenvalue weighted by molar-refractivity contribution is -0.144. The highest BCUT2D eigenvalue weighted by Crippen LogP contribution is 2.55. The number of methoxy groups -OCH3 is 1. The van der Waals surface area contributed by atoms with Crippen LogP contribution in [0.25, 0.3) is 0 Å². The zero-order valence-corrected chi connectivity index (χ0v) is 17.9. The maximum atomic E-state index is 12.6. The first kappa shape index (κ1) is 21.6. The zero-order chi connectivity index (χ0) is 20.5. The molecule has 6 nitrogen and oxygen atoms in total. The molecule has 3 fully saturated rings. The second kappa shape index (κ2) is 8.70. The summed E-state index contributed by atoms with van der Waals surface area (Å²) in [5.74, 6) is 0.196. The first-order valence-corrected chi connectivity index (χ1v) is 11.0. The number of aliphatic hydroxyl groups is 1. The fourth-order valence-electron chi connectivity index (χ4n) is 5.73. The van der Waals surface area contributed by atoms with Crippen LogP contribution in [0, 0.1) is 29.1 Å². The average Bonchev–Trinajstić information content (AvgIpc) is 3.46. The van der Waals surface area contributed by atoms with Crippen molar-refractivity contribution >= 4 is 11.8 Å². The van der Waals surface area contributed by atoms with Gasteiger partial charge in [-0.1, -0.05) is 20.8 Å². The van der Waals surface area contributed by atoms with Gasteiger partial charge in [-0.25, -0.2) is 0 Å². The SMILES string of the molecule is COCCC(=O)NC1CCC2(C)CCC(C(C)C(=O)NC3CC3)C(O)C2C1C. The molecule has 0 spiro atoms. The minimum Gasteiger partial charge on any atom is -0.392 e. The van der Waals surface area contributed by atoms with Gasteiger partial charge in [-0.3, -0.25) is 9.59 Å². The lowest BCUT2D eigenvalue weighted by atomic mass is 9.51. The number of nitrogens with one attached hydrogen (secondary N) is 2. The molecule has 6 heteroatoms. The summed E-state index contributed by atoms with van der Waals surface area (Å²) in [7, 11) is 1.60. The minimum atomic E-state index is -0.507. The number of hydrogen-bond acceptors (Lipinski definition) is 4. The molecule has 160 valence electrons. The van der Waals surface area contributed by atoms with Crippen LogP contribution in [-0.4, -0.2) is 48.8 Å². The topological polar surface area (TPSA) is 87.7 Å². The van der Waals surface area contributed by atoms with E-state index in [0.29, 0.717) is 19.1 Å². The molecule has 0 aromatic carbocycles. The second-order valence-electron chi connectivity index (χ2n) is 9.76. The van der Waals surface area contributed by atoms with Gasteiger partial charge in [0.1, 0.15) is 0 Å². The largest absolute Gasteiger partial charge is 0.392 e. The van der Waals surface area contributed by atoms with E-state index in [1.807, 2.05) is 6.92 Å². The molecule has 0 aromatic rings. The van der Waals surface area contributed by atoms with Crippen LogP contribution in [0.4, 0.5) is 0 Å². The van der Waals surface area contributed by atoms with Gasteiger partial charge in [0, 0.05) is 31.5 Å². The van der Waals surface area contributed by atoms with E-state index in [-0.39, 0.29) is 46.9 Å². The summed E-state index contributed by atoms with van der Waals surface area (Å²) in [6, 6.07) is 0.424. The number of hydrogen-bond donors (Lipinski definition) is 3. The molecule has 3 aliphatic carbocycles. The molecule has 2 amide bonds. The predicted molar refractivity (Wildman–Crippen MR) is 107 cm³/mol. The highest BCUT2D eigenvalue weighted by molar-refractivity contribution is 5.79. The van der Waals surface area contributed by atoms with Crippen molar-refractivity contribution < 1.29 is 19.4 Å². The predicted octanol–water partition coefficient (Wildman–Crippen LogP) is 2.25. The van der Waals surface area contributed by atoms with E-state index in [2.05, 4.69) is 24.5 Å². The summed E-state index contributed by atoms with van der Waals surface area (Å²) in [6.07, 6.45) is 5.89. The maximum absolute atomic E-state index is 12.6. The van der Waals surface area contributed by atoms with Crippen molar-refractivity contribution in [3.63, 3.8) is 0 Å². The van der Waals surface area contributed by atoms with Gasteiger partial charge in [0.05, 0.1) is 12.7 Å². The molecular formula is C22H38N2O4. The fourth-order valence-corrected chi connectivity index (χ4v) is 5.73. The Bertz CT molecular complexity index is 579. The Balaban J connectivity index is 1.67. The Morgan fingerprint density at radius 2 is 1.86 bits per heavy atom. The van der Waals surface area contributed by atoms with Gasteiger partial charge in [0.25, 0.3) is 0 Å². The van der Waals surface area contributed by atoms with Crippen molar-refractivity contribution in [2.24, 2.45) is 29.1 Å². The second-order valence-corrected chi connectivity index (χ2v) is 9.76. The molecule has 3 aliphatic rings. The van der Waals surface area contributed by atoms with Crippen molar-refractivity contribution in [3.05, 3.63) is 0 Å². The zero-order valence-electron chi connectivity index (χ0n) is 17.9. The molecular weight excluding hydrogens is 356 g/mol. The monoisotopic (exact) mass is 394 g/mol. The highest BCUT2D eigenvalue weighted by Gasteiger charge is 2.54. The fraction of sp³-hybridized carbons (Fsp3) is 0.909. The molecule has 0 heterocycles. The van der Waals surface area contributed by atoms with Gasteiger partial charge in [-0.15, -0.1) is 0 Å². The molecule has 28 heavy (non-hydrogen) atoms. The number of aliphatic hydroxyl groups excluding tert-OH is 1. The number of carbonyl (C=O) groups is 2. The van der Waals surface area contributed by atoms with Crippen molar-refractivity contribution in [3.8, 4) is 0 Å². The standard InChI is InChI=1S/C22H38N2O4/c1-13(21(27)23-15-5-6-15)16-7-10-22(3)11-8-17(14(2)19(22)20(16)26)24-18(25)9-12-28-4/h13-17,19-20,26H,5-12H2,1-4H3,(H,23,27)(H,24,25). The Kier molecular flexibility index (Phi) is 6.70. The minimum absolute atomic E-state index is 0.0118. The first-order valence-electron chi connectivity index (χ1n) is 11.0. The van der Waals surface area contributed by atoms with Crippen LogP contribution in [0.5, 0.6) is 0 Å². The van der Waals surface area contributed by atoms with Crippen molar-refractivity contribution in [1.82, 2.24) is 10.6 Å². The number of rotatable bonds is 7. The smallest absolute Gasteiger partial charge is 0.223 e. The first-order chi connectivity index (χ1) is 13.3. The molecule has 3 N–H and O–H groups in total. The van der Waals surface area contributed by atoms with Crippen LogP contribution in [0.15, 0.2) is 0 Å². The summed E-state index contributed by atoms with van der Waals surface area (Å²) in [6.45, 7) is 6.83. The van der Waals surface area contributed by atoms with Crippen LogP contribution in [0.3, 0.4) is 0 Å². The number of fused-ring (bicyclic) bond motifs is 1. The molecule has 0 aromatic heterocycles. The van der Waals surface area contributed by atoms with Crippen molar-refractivity contribution in [2.45, 2.75) is 83.9 Å². The Morgan fingerprint density at radius 3 is 2.50 bits per heavy atom. The lowest BCUT2D eigenvalue weighted by Gasteiger charge is -2.56. The van der Waals surface area contributed by atoms with E-state index in [4.69, 9.17) is 4.74 Å². The van der Waals surface area contributed by atoms with Gasteiger partial charge in [-0.05, 0) is 61.7 Å². The van der Waals surface area contributed by atoms with Gasteiger partial charge in [0.15, 0.2) is 0 Å². The van der Waals surface area contributed by atoms with E-state index in [1.54, 1.807) is 7.11 Å². The summed E-state index contributed by atoms with van der Waals surface area (Å²) in [4.78, 5) is 24.8. The van der Waals surface area contributed by atoms with E-state index in [1.165, 1.54) is 0 Å². The molecule has 0 aliphatic heterocycles.